The number of nitrogens with zero attached hydrogens (tertiary/aromatic N) is 2. The van der Waals surface area contributed by atoms with Crippen molar-refractivity contribution in [3.63, 3.8) is 0 Å². The molecule has 13 atom stereocenters. The molecule has 83 heavy (non-hydrogen) atoms. The number of imidazole rings is 1. The average Bonchev–Trinajstić information content (AvgIpc) is 4.22. The van der Waals surface area contributed by atoms with Gasteiger partial charge >= 0.3 is 11.9 Å². The first-order valence-electron chi connectivity index (χ1n) is 25.9. The van der Waals surface area contributed by atoms with Crippen molar-refractivity contribution in [3.05, 3.63) is 48.0 Å². The van der Waals surface area contributed by atoms with Crippen LogP contribution < -0.4 is 53.6 Å². The van der Waals surface area contributed by atoms with Gasteiger partial charge in [0.2, 0.25) is 59.1 Å². The van der Waals surface area contributed by atoms with Crippen LogP contribution in [0.4, 0.5) is 0 Å². The highest BCUT2D eigenvalue weighted by atomic mass is 32.1. The number of likely N-dealkylation sites (tertiary alicyclic amines) is 1. The Morgan fingerprint density at radius 1 is 0.627 bits per heavy atom. The number of hydrogen-bond donors (Lipinski definition) is 20. The molecule has 1 fully saturated rings. The van der Waals surface area contributed by atoms with Crippen LogP contribution in [0.2, 0.25) is 0 Å². The maximum absolute atomic E-state index is 14.1. The van der Waals surface area contributed by atoms with Crippen LogP contribution in [0.25, 0.3) is 0 Å². The van der Waals surface area contributed by atoms with E-state index in [9.17, 15) is 93.3 Å². The van der Waals surface area contributed by atoms with Gasteiger partial charge in [-0.1, -0.05) is 26.0 Å². The van der Waals surface area contributed by atoms with Crippen LogP contribution in [0.1, 0.15) is 58.2 Å². The highest BCUT2D eigenvalue weighted by Gasteiger charge is 2.41. The molecular weight excluding hydrogens is 1140 g/mol. The molecule has 1 saturated heterocycles. The Morgan fingerprint density at radius 3 is 1.63 bits per heavy atom. The molecule has 460 valence electrons. The molecule has 1 aromatic heterocycles. The third-order valence-electron chi connectivity index (χ3n) is 12.8. The maximum Gasteiger partial charge on any atom is 0.328 e. The number of nitrogens with two attached hydrogens (primary N) is 1. The highest BCUT2D eigenvalue weighted by molar-refractivity contribution is 7.80. The number of carboxylic acids is 2. The summed E-state index contributed by atoms with van der Waals surface area (Å²) in [6.45, 7) is 3.11. The summed E-state index contributed by atoms with van der Waals surface area (Å²) in [5.41, 5.74) is 6.79. The van der Waals surface area contributed by atoms with Gasteiger partial charge in [0.1, 0.15) is 60.1 Å². The zero-order valence-electron chi connectivity index (χ0n) is 45.5. The number of carbonyl (C=O) groups is 12. The predicted octanol–water partition coefficient (Wildman–Crippen LogP) is -7.60. The Kier molecular flexibility index (Phi) is 28.1. The minimum Gasteiger partial charge on any atom is -0.508 e. The van der Waals surface area contributed by atoms with Crippen LogP contribution in [0.3, 0.4) is 0 Å². The number of carboxylic acid groups (broad SMARTS) is 2. The molecule has 0 saturated carbocycles. The first-order chi connectivity index (χ1) is 39.1. The third-order valence-corrected chi connectivity index (χ3v) is 13.5. The van der Waals surface area contributed by atoms with Gasteiger partial charge in [-0.15, -0.1) is 0 Å². The van der Waals surface area contributed by atoms with E-state index in [4.69, 9.17) is 5.73 Å². The summed E-state index contributed by atoms with van der Waals surface area (Å²) in [5, 5.41) is 90.2. The van der Waals surface area contributed by atoms with Crippen LogP contribution >= 0.6 is 25.3 Å². The average molecular weight is 1210 g/mol. The van der Waals surface area contributed by atoms with E-state index in [1.54, 1.807) is 0 Å². The summed E-state index contributed by atoms with van der Waals surface area (Å²) in [4.78, 5) is 166. The maximum atomic E-state index is 14.1. The molecule has 0 radical (unpaired) electrons. The van der Waals surface area contributed by atoms with Gasteiger partial charge in [0.25, 0.3) is 0 Å². The van der Waals surface area contributed by atoms with Crippen LogP contribution in [-0.2, 0) is 70.4 Å². The highest BCUT2D eigenvalue weighted by Crippen LogP contribution is 2.20. The fourth-order valence-electron chi connectivity index (χ4n) is 8.16. The van der Waals surface area contributed by atoms with Crippen molar-refractivity contribution >= 4 is 96.3 Å². The number of phenols is 1. The summed E-state index contributed by atoms with van der Waals surface area (Å²) in [6.07, 6.45) is -1.66. The molecule has 19 N–H and O–H groups in total. The van der Waals surface area contributed by atoms with Gasteiger partial charge in [0.15, 0.2) is 6.04 Å². The van der Waals surface area contributed by atoms with Crippen molar-refractivity contribution in [1.82, 2.24) is 62.7 Å². The standard InChI is InChI=1S/C49H73N13O19S2/c1-21(2)36(59-43(74)31(17-64)55-39(70)27(50)13-25-15-51-20-52-25)46(77)60-37(22(3)65)47(78)54-28(12-24-7-9-26(67)10-8-24)40(71)56-30(16-63)42(73)57-32(18-82)44(75)58-33(19-83)48(79)62-11-5-6-34(62)45(76)53-29(14-35(68)69)41(72)61-38(23(4)66)49(80)81/h7-10,15,20-23,27-34,36-38,63-67,82-83H,5-6,11-14,16-19,50H2,1-4H3,(H,51,52)(H,53,76)(H,54,78)(H,55,70)(H,56,71)(H,57,73)(H,58,75)(H,59,74)(H,60,77)(H,61,72)(H,68,69)(H,80,81)/t22-,23-,27+,28+,29+,30+,31+,32+,33+,34+,36+,37+,38+/m1/s1. The second-order valence-corrected chi connectivity index (χ2v) is 20.4. The number of benzene rings is 1. The third kappa shape index (κ3) is 21.3. The molecular formula is C49H73N13O19S2. The molecule has 1 aliphatic heterocycles. The zero-order chi connectivity index (χ0) is 62.4. The smallest absolute Gasteiger partial charge is 0.328 e. The number of aromatic amines is 1. The number of nitrogens with one attached hydrogen (secondary N) is 10. The Morgan fingerprint density at radius 2 is 1.11 bits per heavy atom. The molecule has 1 aromatic carbocycles. The van der Waals surface area contributed by atoms with Crippen LogP contribution in [-0.4, -0.2) is 232 Å². The van der Waals surface area contributed by atoms with Gasteiger partial charge in [-0.25, -0.2) is 9.78 Å². The topological polar surface area (TPSA) is 513 Å². The number of aromatic nitrogens is 2. The lowest BCUT2D eigenvalue weighted by molar-refractivity contribution is -0.146. The number of aliphatic carboxylic acids is 2. The van der Waals surface area contributed by atoms with Gasteiger partial charge in [-0.05, 0) is 50.3 Å². The van der Waals surface area contributed by atoms with Crippen molar-refractivity contribution < 1.29 is 93.3 Å². The molecule has 34 heteroatoms. The first-order valence-corrected chi connectivity index (χ1v) is 27.1. The summed E-state index contributed by atoms with van der Waals surface area (Å²) in [5.74, 6) is -15.5. The quantitative estimate of drug-likeness (QED) is 0.0295. The summed E-state index contributed by atoms with van der Waals surface area (Å²) >= 11 is 8.31. The second-order valence-electron chi connectivity index (χ2n) is 19.7. The van der Waals surface area contributed by atoms with Gasteiger partial charge in [0, 0.05) is 42.8 Å². The van der Waals surface area contributed by atoms with Crippen molar-refractivity contribution in [1.29, 1.82) is 0 Å². The van der Waals surface area contributed by atoms with E-state index in [1.807, 2.05) is 5.32 Å². The number of aliphatic hydroxyl groups excluding tert-OH is 4. The monoisotopic (exact) mass is 1210 g/mol. The van der Waals surface area contributed by atoms with Gasteiger partial charge in [-0.3, -0.25) is 52.7 Å². The van der Waals surface area contributed by atoms with Gasteiger partial charge < -0.3 is 99.2 Å². The molecule has 32 nitrogen and oxygen atoms in total. The molecule has 3 rings (SSSR count). The number of H-pyrrole nitrogens is 1. The van der Waals surface area contributed by atoms with Crippen LogP contribution in [0.5, 0.6) is 5.75 Å². The molecule has 0 aliphatic carbocycles. The van der Waals surface area contributed by atoms with E-state index in [-0.39, 0.29) is 38.0 Å². The lowest BCUT2D eigenvalue weighted by Crippen LogP contribution is -2.63. The molecule has 0 unspecified atom stereocenters. The molecule has 2 aromatic rings. The number of aliphatic hydroxyl groups is 4. The van der Waals surface area contributed by atoms with E-state index in [0.29, 0.717) is 11.3 Å². The largest absolute Gasteiger partial charge is 0.508 e. The molecule has 0 bridgehead atoms. The van der Waals surface area contributed by atoms with Crippen molar-refractivity contribution in [2.45, 2.75) is 138 Å². The number of aromatic hydroxyl groups is 1. The molecule has 1 aliphatic rings. The summed E-state index contributed by atoms with van der Waals surface area (Å²) < 4.78 is 0. The number of carbonyl (C=O) groups excluding carboxylic acids is 10. The van der Waals surface area contributed by atoms with Crippen molar-refractivity contribution in [2.75, 3.05) is 31.3 Å². The van der Waals surface area contributed by atoms with E-state index in [0.717, 1.165) is 18.7 Å². The number of phenolic OH excluding ortho intramolecular Hbond substituents is 1. The Labute approximate surface area is 485 Å². The van der Waals surface area contributed by atoms with E-state index < -0.39 is 187 Å². The molecule has 10 amide bonds. The number of thiol groups is 2. The van der Waals surface area contributed by atoms with E-state index in [1.165, 1.54) is 50.6 Å². The number of amides is 10. The lowest BCUT2D eigenvalue weighted by Gasteiger charge is -2.30. The molecule has 0 spiro atoms. The van der Waals surface area contributed by atoms with E-state index >= 15 is 0 Å². The minimum atomic E-state index is -1.87. The van der Waals surface area contributed by atoms with E-state index in [2.05, 4.69) is 77.8 Å². The van der Waals surface area contributed by atoms with Crippen LogP contribution in [0, 0.1) is 5.92 Å². The van der Waals surface area contributed by atoms with Gasteiger partial charge in [0.05, 0.1) is 44.2 Å². The number of rotatable bonds is 33. The predicted molar refractivity (Wildman–Crippen MR) is 294 cm³/mol. The zero-order valence-corrected chi connectivity index (χ0v) is 47.3. The Hall–Kier alpha value is -7.63. The fraction of sp³-hybridized carbons (Fsp3) is 0.571. The Bertz CT molecular complexity index is 2600. The second kappa shape index (κ2) is 33.5. The minimum absolute atomic E-state index is 0.00139. The lowest BCUT2D eigenvalue weighted by atomic mass is 10.0. The summed E-state index contributed by atoms with van der Waals surface area (Å²) in [6, 6.07) is -12.5. The van der Waals surface area contributed by atoms with Crippen LogP contribution in [0.15, 0.2) is 36.8 Å². The molecule has 2 heterocycles. The SMILES string of the molecule is CC(C)[C@H](NC(=O)[C@H](CO)NC(=O)[C@@H](N)Cc1cnc[nH]1)C(=O)N[C@H](C(=O)N[C@@H](Cc1ccc(O)cc1)C(=O)N[C@@H](CO)C(=O)N[C@@H](CS)C(=O)N[C@@H](CS)C(=O)N1CCC[C@H]1C(=O)N[C@@H](CC(=O)O)C(=O)N[C@H](C(=O)O)[C@@H](C)O)[C@@H](C)O. The fourth-order valence-corrected chi connectivity index (χ4v) is 8.67. The van der Waals surface area contributed by atoms with Crippen molar-refractivity contribution in [2.24, 2.45) is 11.7 Å². The number of hydrogen-bond acceptors (Lipinski definition) is 21. The Balaban J connectivity index is 1.75. The normalized spacial score (nSPS) is 17.4. The summed E-state index contributed by atoms with van der Waals surface area (Å²) in [7, 11) is 0. The van der Waals surface area contributed by atoms with Crippen molar-refractivity contribution in [3.8, 4) is 5.75 Å². The first kappa shape index (κ1) is 69.6. The van der Waals surface area contributed by atoms with Gasteiger partial charge in [-0.2, -0.15) is 25.3 Å².